The van der Waals surface area contributed by atoms with Crippen LogP contribution >= 0.6 is 0 Å². The molecule has 0 N–H and O–H groups in total. The lowest BCUT2D eigenvalue weighted by Crippen LogP contribution is -2.48. The number of fused-ring (bicyclic) bond motifs is 1. The molecule has 1 saturated heterocycles. The minimum Gasteiger partial charge on any atom is -0.372 e. The highest BCUT2D eigenvalue weighted by molar-refractivity contribution is 5.79. The van der Waals surface area contributed by atoms with Crippen molar-refractivity contribution in [1.29, 1.82) is 0 Å². The number of carbonyl (C=O) groups excluding carboxylic acids is 1. The third kappa shape index (κ3) is 3.42. The van der Waals surface area contributed by atoms with Crippen LogP contribution in [0.25, 0.3) is 10.9 Å². The monoisotopic (exact) mass is 315 g/mol. The molecule has 0 saturated carbocycles. The van der Waals surface area contributed by atoms with Crippen molar-refractivity contribution in [2.75, 3.05) is 13.1 Å². The average molecular weight is 315 g/mol. The third-order valence-electron chi connectivity index (χ3n) is 4.07. The maximum Gasteiger partial charge on any atom is 0.224 e. The average Bonchev–Trinajstić information content (AvgIpc) is 2.53. The van der Waals surface area contributed by atoms with Gasteiger partial charge in [0.05, 0.1) is 30.5 Å². The molecule has 1 amide bonds. The molecule has 0 aliphatic carbocycles. The molecule has 122 valence electrons. The first kappa shape index (κ1) is 15.7. The number of hydrogen-bond donors (Lipinski definition) is 0. The van der Waals surface area contributed by atoms with Gasteiger partial charge in [-0.2, -0.15) is 5.10 Å². The van der Waals surface area contributed by atoms with Crippen LogP contribution in [0, 0.1) is 0 Å². The van der Waals surface area contributed by atoms with E-state index in [4.69, 9.17) is 4.74 Å². The van der Waals surface area contributed by atoms with Crippen LogP contribution in [0.2, 0.25) is 0 Å². The van der Waals surface area contributed by atoms with Gasteiger partial charge in [0.25, 0.3) is 0 Å². The van der Waals surface area contributed by atoms with Gasteiger partial charge in [0, 0.05) is 24.9 Å². The van der Waals surface area contributed by atoms with Gasteiger partial charge in [-0.15, -0.1) is 0 Å². The van der Waals surface area contributed by atoms with E-state index in [1.165, 1.54) is 6.20 Å². The molecule has 1 fully saturated rings. The highest BCUT2D eigenvalue weighted by Gasteiger charge is 2.25. The molecule has 1 aliphatic heterocycles. The zero-order valence-electron chi connectivity index (χ0n) is 13.4. The van der Waals surface area contributed by atoms with Crippen LogP contribution in [-0.2, 0) is 16.1 Å². The Hall–Kier alpha value is -2.21. The molecule has 0 unspecified atom stereocenters. The highest BCUT2D eigenvalue weighted by atomic mass is 16.5. The number of rotatable bonds is 3. The van der Waals surface area contributed by atoms with Crippen molar-refractivity contribution >= 4 is 16.8 Å². The smallest absolute Gasteiger partial charge is 0.224 e. The fourth-order valence-electron chi connectivity index (χ4n) is 3.08. The first-order valence-corrected chi connectivity index (χ1v) is 7.92. The fourth-order valence-corrected chi connectivity index (χ4v) is 3.08. The van der Waals surface area contributed by atoms with E-state index in [9.17, 15) is 9.59 Å². The zero-order valence-corrected chi connectivity index (χ0v) is 13.4. The predicted molar refractivity (Wildman–Crippen MR) is 87.2 cm³/mol. The summed E-state index contributed by atoms with van der Waals surface area (Å²) in [4.78, 5) is 26.1. The Morgan fingerprint density at radius 2 is 1.96 bits per heavy atom. The van der Waals surface area contributed by atoms with E-state index >= 15 is 0 Å². The van der Waals surface area contributed by atoms with Crippen molar-refractivity contribution in [2.45, 2.75) is 39.0 Å². The summed E-state index contributed by atoms with van der Waals surface area (Å²) in [5, 5.41) is 4.79. The summed E-state index contributed by atoms with van der Waals surface area (Å²) in [6.45, 7) is 5.67. The number of amides is 1. The number of aromatic nitrogens is 2. The normalized spacial score (nSPS) is 21.6. The van der Waals surface area contributed by atoms with E-state index in [0.29, 0.717) is 31.4 Å². The maximum atomic E-state index is 12.4. The second kappa shape index (κ2) is 6.50. The van der Waals surface area contributed by atoms with E-state index in [-0.39, 0.29) is 23.5 Å². The van der Waals surface area contributed by atoms with E-state index in [0.717, 1.165) is 5.52 Å². The molecule has 0 bridgehead atoms. The minimum atomic E-state index is -0.0981. The molecule has 1 aliphatic rings. The van der Waals surface area contributed by atoms with Crippen molar-refractivity contribution in [2.24, 2.45) is 0 Å². The van der Waals surface area contributed by atoms with Gasteiger partial charge in [-0.1, -0.05) is 12.1 Å². The first-order chi connectivity index (χ1) is 11.0. The summed E-state index contributed by atoms with van der Waals surface area (Å²) in [5.41, 5.74) is 0.663. The quantitative estimate of drug-likeness (QED) is 0.859. The Morgan fingerprint density at radius 3 is 2.70 bits per heavy atom. The lowest BCUT2D eigenvalue weighted by molar-refractivity contribution is -0.143. The molecular weight excluding hydrogens is 294 g/mol. The van der Waals surface area contributed by atoms with Gasteiger partial charge in [0.1, 0.15) is 0 Å². The molecule has 23 heavy (non-hydrogen) atoms. The van der Waals surface area contributed by atoms with Crippen LogP contribution in [0.1, 0.15) is 20.3 Å². The number of benzene rings is 1. The molecule has 2 aromatic rings. The largest absolute Gasteiger partial charge is 0.372 e. The number of morpholine rings is 1. The highest BCUT2D eigenvalue weighted by Crippen LogP contribution is 2.13. The molecular formula is C17H21N3O3. The SMILES string of the molecule is C[C@@H]1CN(C(=O)CCn2ncc(=O)c3ccccc32)C[C@H](C)O1. The number of carbonyl (C=O) groups is 1. The van der Waals surface area contributed by atoms with Gasteiger partial charge in [-0.05, 0) is 26.0 Å². The summed E-state index contributed by atoms with van der Waals surface area (Å²) in [6.07, 6.45) is 1.80. The van der Waals surface area contributed by atoms with Crippen LogP contribution in [0.3, 0.4) is 0 Å². The van der Waals surface area contributed by atoms with Gasteiger partial charge in [-0.3, -0.25) is 14.3 Å². The molecule has 2 heterocycles. The molecule has 2 atom stereocenters. The Morgan fingerprint density at radius 1 is 1.26 bits per heavy atom. The number of ether oxygens (including phenoxy) is 1. The summed E-state index contributed by atoms with van der Waals surface area (Å²) in [5.74, 6) is 0.0941. The van der Waals surface area contributed by atoms with E-state index in [1.807, 2.05) is 36.9 Å². The van der Waals surface area contributed by atoms with Crippen molar-refractivity contribution in [3.05, 3.63) is 40.7 Å². The number of nitrogens with zero attached hydrogens (tertiary/aromatic N) is 3. The molecule has 0 spiro atoms. The topological polar surface area (TPSA) is 64.4 Å². The van der Waals surface area contributed by atoms with Crippen molar-refractivity contribution in [3.63, 3.8) is 0 Å². The molecule has 0 radical (unpaired) electrons. The number of para-hydroxylation sites is 1. The molecule has 1 aromatic carbocycles. The molecule has 6 nitrogen and oxygen atoms in total. The number of hydrogen-bond acceptors (Lipinski definition) is 4. The second-order valence-corrected chi connectivity index (χ2v) is 6.06. The Labute approximate surface area is 134 Å². The summed E-state index contributed by atoms with van der Waals surface area (Å²) in [7, 11) is 0. The van der Waals surface area contributed by atoms with E-state index < -0.39 is 0 Å². The predicted octanol–water partition coefficient (Wildman–Crippen LogP) is 1.42. The minimum absolute atomic E-state index is 0.0639. The standard InChI is InChI=1S/C17H21N3O3/c1-12-10-19(11-13(2)23-12)17(22)7-8-20-15-6-4-3-5-14(15)16(21)9-18-20/h3-6,9,12-13H,7-8,10-11H2,1-2H3/t12-,13+. The second-order valence-electron chi connectivity index (χ2n) is 6.06. The molecule has 1 aromatic heterocycles. The fraction of sp³-hybridized carbons (Fsp3) is 0.471. The van der Waals surface area contributed by atoms with Gasteiger partial charge in [-0.25, -0.2) is 0 Å². The molecule has 3 rings (SSSR count). The lowest BCUT2D eigenvalue weighted by atomic mass is 10.2. The van der Waals surface area contributed by atoms with Crippen LogP contribution in [0.5, 0.6) is 0 Å². The van der Waals surface area contributed by atoms with Crippen molar-refractivity contribution in [1.82, 2.24) is 14.7 Å². The Bertz CT molecular complexity index is 761. The van der Waals surface area contributed by atoms with Crippen LogP contribution in [-0.4, -0.2) is 45.9 Å². The van der Waals surface area contributed by atoms with Crippen LogP contribution in [0.4, 0.5) is 0 Å². The first-order valence-electron chi connectivity index (χ1n) is 7.92. The molecule has 6 heteroatoms. The Balaban J connectivity index is 1.72. The van der Waals surface area contributed by atoms with E-state index in [2.05, 4.69) is 5.10 Å². The van der Waals surface area contributed by atoms with Gasteiger partial charge < -0.3 is 9.64 Å². The van der Waals surface area contributed by atoms with Gasteiger partial charge in [0.15, 0.2) is 0 Å². The van der Waals surface area contributed by atoms with Crippen molar-refractivity contribution < 1.29 is 9.53 Å². The zero-order chi connectivity index (χ0) is 16.4. The third-order valence-corrected chi connectivity index (χ3v) is 4.07. The summed E-state index contributed by atoms with van der Waals surface area (Å²) < 4.78 is 7.38. The summed E-state index contributed by atoms with van der Waals surface area (Å²) in [6, 6.07) is 7.33. The van der Waals surface area contributed by atoms with E-state index in [1.54, 1.807) is 10.7 Å². The van der Waals surface area contributed by atoms with Gasteiger partial charge in [0.2, 0.25) is 11.3 Å². The lowest BCUT2D eigenvalue weighted by Gasteiger charge is -2.35. The van der Waals surface area contributed by atoms with Crippen LogP contribution in [0.15, 0.2) is 35.3 Å². The van der Waals surface area contributed by atoms with Crippen molar-refractivity contribution in [3.8, 4) is 0 Å². The number of aryl methyl sites for hydroxylation is 1. The summed E-state index contributed by atoms with van der Waals surface area (Å²) >= 11 is 0. The Kier molecular flexibility index (Phi) is 4.43. The van der Waals surface area contributed by atoms with Crippen LogP contribution < -0.4 is 5.43 Å². The maximum absolute atomic E-state index is 12.4. The van der Waals surface area contributed by atoms with Gasteiger partial charge >= 0.3 is 0 Å².